The summed E-state index contributed by atoms with van der Waals surface area (Å²) >= 11 is 0. The van der Waals surface area contributed by atoms with Gasteiger partial charge in [0.25, 0.3) is 10.0 Å². The van der Waals surface area contributed by atoms with Gasteiger partial charge in [-0.2, -0.15) is 0 Å². The minimum atomic E-state index is -3.63. The molecule has 0 fully saturated rings. The lowest BCUT2D eigenvalue weighted by Crippen LogP contribution is -2.24. The number of likely N-dealkylation sites (N-methyl/N-ethyl adjacent to an activating group) is 1. The summed E-state index contributed by atoms with van der Waals surface area (Å²) in [6.45, 7) is 3.81. The molecule has 0 aliphatic heterocycles. The second-order valence-corrected chi connectivity index (χ2v) is 6.70. The first kappa shape index (κ1) is 16.8. The number of anilines is 1. The monoisotopic (exact) mass is 330 g/mol. The molecular weight excluding hydrogens is 312 g/mol. The predicted molar refractivity (Wildman–Crippen MR) is 90.4 cm³/mol. The maximum Gasteiger partial charge on any atom is 0.261 e. The summed E-state index contributed by atoms with van der Waals surface area (Å²) in [4.78, 5) is 13.2. The first-order valence-corrected chi connectivity index (χ1v) is 8.45. The Morgan fingerprint density at radius 2 is 1.87 bits per heavy atom. The summed E-state index contributed by atoms with van der Waals surface area (Å²) in [5.74, 6) is -0.194. The summed E-state index contributed by atoms with van der Waals surface area (Å²) in [6, 6.07) is 15.1. The van der Waals surface area contributed by atoms with Crippen molar-refractivity contribution in [3.05, 3.63) is 72.8 Å². The van der Waals surface area contributed by atoms with Crippen LogP contribution in [0.5, 0.6) is 0 Å². The molecule has 2 rings (SSSR count). The fraction of sp³-hybridized carbons (Fsp3) is 0.118. The summed E-state index contributed by atoms with van der Waals surface area (Å²) in [6.07, 6.45) is 1.24. The largest absolute Gasteiger partial charge is 0.338 e. The number of hydrogen-bond acceptors (Lipinski definition) is 3. The van der Waals surface area contributed by atoms with Crippen LogP contribution in [0.15, 0.2) is 72.1 Å². The molecular formula is C17H18N2O3S. The lowest BCUT2D eigenvalue weighted by Gasteiger charge is -2.16. The number of hydrogen-bond donors (Lipinski definition) is 1. The Kier molecular flexibility index (Phi) is 5.18. The molecule has 0 bridgehead atoms. The minimum Gasteiger partial charge on any atom is -0.338 e. The third-order valence-electron chi connectivity index (χ3n) is 3.20. The maximum absolute atomic E-state index is 12.3. The van der Waals surface area contributed by atoms with E-state index in [9.17, 15) is 13.2 Å². The van der Waals surface area contributed by atoms with Crippen LogP contribution in [0.4, 0.5) is 5.69 Å². The van der Waals surface area contributed by atoms with E-state index in [-0.39, 0.29) is 10.8 Å². The smallest absolute Gasteiger partial charge is 0.261 e. The van der Waals surface area contributed by atoms with Gasteiger partial charge in [0.1, 0.15) is 0 Å². The second-order valence-electron chi connectivity index (χ2n) is 5.02. The van der Waals surface area contributed by atoms with Crippen molar-refractivity contribution in [1.82, 2.24) is 4.90 Å². The molecule has 1 amide bonds. The number of sulfonamides is 1. The first-order valence-electron chi connectivity index (χ1n) is 6.97. The van der Waals surface area contributed by atoms with Crippen LogP contribution in [0.25, 0.3) is 0 Å². The van der Waals surface area contributed by atoms with Crippen molar-refractivity contribution in [2.24, 2.45) is 0 Å². The van der Waals surface area contributed by atoms with Gasteiger partial charge in [-0.3, -0.25) is 9.52 Å². The number of carbonyl (C=O) groups excluding carboxylic acids is 1. The van der Waals surface area contributed by atoms with E-state index in [0.29, 0.717) is 12.2 Å². The molecule has 0 aromatic heterocycles. The molecule has 6 heteroatoms. The average Bonchev–Trinajstić information content (AvgIpc) is 2.54. The van der Waals surface area contributed by atoms with E-state index < -0.39 is 10.0 Å². The standard InChI is InChI=1S/C17H18N2O3S/c1-3-17(20)19(2)13-14-8-7-9-15(12-14)18-23(21,22)16-10-5-4-6-11-16/h3-12,18H,1,13H2,2H3. The van der Waals surface area contributed by atoms with Gasteiger partial charge in [-0.15, -0.1) is 0 Å². The lowest BCUT2D eigenvalue weighted by atomic mass is 10.2. The van der Waals surface area contributed by atoms with Crippen LogP contribution in [0.2, 0.25) is 0 Å². The molecule has 0 heterocycles. The van der Waals surface area contributed by atoms with Crippen molar-refractivity contribution in [2.75, 3.05) is 11.8 Å². The fourth-order valence-electron chi connectivity index (χ4n) is 2.05. The predicted octanol–water partition coefficient (Wildman–Crippen LogP) is 2.63. The molecule has 120 valence electrons. The Balaban J connectivity index is 2.17. The van der Waals surface area contributed by atoms with Gasteiger partial charge in [-0.05, 0) is 35.9 Å². The quantitative estimate of drug-likeness (QED) is 0.828. The van der Waals surface area contributed by atoms with Gasteiger partial charge in [-0.25, -0.2) is 8.42 Å². The Hall–Kier alpha value is -2.60. The molecule has 23 heavy (non-hydrogen) atoms. The van der Waals surface area contributed by atoms with Crippen molar-refractivity contribution in [3.63, 3.8) is 0 Å². The highest BCUT2D eigenvalue weighted by Crippen LogP contribution is 2.17. The van der Waals surface area contributed by atoms with Gasteiger partial charge in [0, 0.05) is 19.3 Å². The fourth-order valence-corrected chi connectivity index (χ4v) is 3.13. The highest BCUT2D eigenvalue weighted by Gasteiger charge is 2.14. The normalized spacial score (nSPS) is 10.8. The summed E-state index contributed by atoms with van der Waals surface area (Å²) < 4.78 is 27.1. The van der Waals surface area contributed by atoms with Crippen LogP contribution >= 0.6 is 0 Å². The molecule has 2 aromatic rings. The van der Waals surface area contributed by atoms with E-state index in [4.69, 9.17) is 0 Å². The van der Waals surface area contributed by atoms with E-state index in [0.717, 1.165) is 5.56 Å². The van der Waals surface area contributed by atoms with Crippen LogP contribution in [0.3, 0.4) is 0 Å². The van der Waals surface area contributed by atoms with Gasteiger partial charge < -0.3 is 4.90 Å². The van der Waals surface area contributed by atoms with Crippen molar-refractivity contribution in [1.29, 1.82) is 0 Å². The Morgan fingerprint density at radius 1 is 1.17 bits per heavy atom. The van der Waals surface area contributed by atoms with E-state index >= 15 is 0 Å². The molecule has 0 unspecified atom stereocenters. The van der Waals surface area contributed by atoms with E-state index in [1.165, 1.54) is 23.1 Å². The van der Waals surface area contributed by atoms with Crippen molar-refractivity contribution in [2.45, 2.75) is 11.4 Å². The SMILES string of the molecule is C=CC(=O)N(C)Cc1cccc(NS(=O)(=O)c2ccccc2)c1. The third kappa shape index (κ3) is 4.43. The number of nitrogens with zero attached hydrogens (tertiary/aromatic N) is 1. The second kappa shape index (κ2) is 7.11. The van der Waals surface area contributed by atoms with Crippen LogP contribution in [0.1, 0.15) is 5.56 Å². The van der Waals surface area contributed by atoms with Gasteiger partial charge in [-0.1, -0.05) is 36.9 Å². The van der Waals surface area contributed by atoms with E-state index in [1.54, 1.807) is 43.4 Å². The summed E-state index contributed by atoms with van der Waals surface area (Å²) in [5, 5.41) is 0. The van der Waals surface area contributed by atoms with E-state index in [1.807, 2.05) is 6.07 Å². The molecule has 5 nitrogen and oxygen atoms in total. The molecule has 1 N–H and O–H groups in total. The average molecular weight is 330 g/mol. The number of amides is 1. The first-order chi connectivity index (χ1) is 10.9. The Morgan fingerprint density at radius 3 is 2.52 bits per heavy atom. The highest BCUT2D eigenvalue weighted by atomic mass is 32.2. The van der Waals surface area contributed by atoms with Gasteiger partial charge >= 0.3 is 0 Å². The number of carbonyl (C=O) groups is 1. The number of nitrogens with one attached hydrogen (secondary N) is 1. The van der Waals surface area contributed by atoms with Crippen molar-refractivity contribution < 1.29 is 13.2 Å². The minimum absolute atomic E-state index is 0.194. The van der Waals surface area contributed by atoms with Gasteiger partial charge in [0.2, 0.25) is 5.91 Å². The van der Waals surface area contributed by atoms with Crippen LogP contribution in [-0.2, 0) is 21.4 Å². The van der Waals surface area contributed by atoms with Gasteiger partial charge in [0.15, 0.2) is 0 Å². The molecule has 0 radical (unpaired) electrons. The van der Waals surface area contributed by atoms with Crippen molar-refractivity contribution >= 4 is 21.6 Å². The molecule has 0 aliphatic rings. The molecule has 0 spiro atoms. The van der Waals surface area contributed by atoms with Crippen LogP contribution in [-0.4, -0.2) is 26.3 Å². The summed E-state index contributed by atoms with van der Waals surface area (Å²) in [5.41, 5.74) is 1.27. The zero-order valence-corrected chi connectivity index (χ0v) is 13.6. The van der Waals surface area contributed by atoms with Crippen LogP contribution < -0.4 is 4.72 Å². The Bertz CT molecular complexity index is 802. The molecule has 2 aromatic carbocycles. The van der Waals surface area contributed by atoms with Crippen molar-refractivity contribution in [3.8, 4) is 0 Å². The Labute approximate surface area is 136 Å². The third-order valence-corrected chi connectivity index (χ3v) is 4.60. The number of benzene rings is 2. The topological polar surface area (TPSA) is 66.5 Å². The van der Waals surface area contributed by atoms with Crippen LogP contribution in [0, 0.1) is 0 Å². The van der Waals surface area contributed by atoms with Gasteiger partial charge in [0.05, 0.1) is 4.90 Å². The zero-order valence-electron chi connectivity index (χ0n) is 12.8. The maximum atomic E-state index is 12.3. The van der Waals surface area contributed by atoms with E-state index in [2.05, 4.69) is 11.3 Å². The lowest BCUT2D eigenvalue weighted by molar-refractivity contribution is -0.125. The molecule has 0 atom stereocenters. The number of rotatable bonds is 6. The molecule has 0 aliphatic carbocycles. The highest BCUT2D eigenvalue weighted by molar-refractivity contribution is 7.92. The molecule has 0 saturated carbocycles. The summed E-state index contributed by atoms with van der Waals surface area (Å²) in [7, 11) is -1.97. The molecule has 0 saturated heterocycles. The zero-order chi connectivity index (χ0) is 16.9.